The van der Waals surface area contributed by atoms with Gasteiger partial charge in [0.2, 0.25) is 5.89 Å². The van der Waals surface area contributed by atoms with Gasteiger partial charge in [-0.2, -0.15) is 0 Å². The van der Waals surface area contributed by atoms with Crippen molar-refractivity contribution in [2.24, 2.45) is 30.7 Å². The van der Waals surface area contributed by atoms with Gasteiger partial charge in [-0.3, -0.25) is 4.98 Å². The van der Waals surface area contributed by atoms with Gasteiger partial charge in [-0.25, -0.2) is 4.98 Å². The largest absolute Gasteiger partial charge is 0.419 e. The number of allylic oxidation sites excluding steroid dienone is 1. The van der Waals surface area contributed by atoms with Crippen LogP contribution in [0.2, 0.25) is 0 Å². The summed E-state index contributed by atoms with van der Waals surface area (Å²) in [6.45, 7) is 8.92. The first-order valence-electron chi connectivity index (χ1n) is 11.5. The molecule has 3 atom stereocenters. The lowest BCUT2D eigenvalue weighted by atomic mass is 9.69. The fourth-order valence-corrected chi connectivity index (χ4v) is 4.93. The van der Waals surface area contributed by atoms with Crippen LogP contribution in [0.25, 0.3) is 11.6 Å². The molecule has 0 spiro atoms. The van der Waals surface area contributed by atoms with Crippen molar-refractivity contribution in [2.75, 3.05) is 13.6 Å². The number of aryl methyl sites for hydroxylation is 1. The fourth-order valence-electron chi connectivity index (χ4n) is 4.93. The van der Waals surface area contributed by atoms with E-state index in [1.807, 2.05) is 30.1 Å². The zero-order valence-electron chi connectivity index (χ0n) is 19.8. The lowest BCUT2D eigenvalue weighted by Gasteiger charge is -2.38. The zero-order valence-corrected chi connectivity index (χ0v) is 19.8. The highest BCUT2D eigenvalue weighted by Crippen LogP contribution is 2.39. The Morgan fingerprint density at radius 2 is 2.06 bits per heavy atom. The van der Waals surface area contributed by atoms with Crippen LogP contribution in [0.4, 0.5) is 0 Å². The third kappa shape index (κ3) is 5.15. The van der Waals surface area contributed by atoms with Crippen LogP contribution in [0.3, 0.4) is 0 Å². The van der Waals surface area contributed by atoms with Crippen molar-refractivity contribution < 1.29 is 4.42 Å². The number of nitrogens with zero attached hydrogens (tertiary/aromatic N) is 6. The molecule has 3 aromatic heterocycles. The van der Waals surface area contributed by atoms with Gasteiger partial charge in [0, 0.05) is 39.0 Å². The summed E-state index contributed by atoms with van der Waals surface area (Å²) < 4.78 is 7.88. The van der Waals surface area contributed by atoms with E-state index in [2.05, 4.69) is 65.0 Å². The average Bonchev–Trinajstić information content (AvgIpc) is 3.39. The first-order chi connectivity index (χ1) is 15.4. The van der Waals surface area contributed by atoms with Gasteiger partial charge in [-0.05, 0) is 55.7 Å². The van der Waals surface area contributed by atoms with Gasteiger partial charge in [0.15, 0.2) is 0 Å². The molecule has 0 amide bonds. The Labute approximate surface area is 190 Å². The second-order valence-electron chi connectivity index (χ2n) is 9.57. The minimum atomic E-state index is 0.433. The molecule has 4 rings (SSSR count). The number of pyridine rings is 1. The number of hydrogen-bond acceptors (Lipinski definition) is 6. The van der Waals surface area contributed by atoms with Crippen LogP contribution < -0.4 is 0 Å². The predicted molar refractivity (Wildman–Crippen MR) is 124 cm³/mol. The molecule has 3 unspecified atom stereocenters. The van der Waals surface area contributed by atoms with Gasteiger partial charge in [0.05, 0.1) is 12.5 Å². The first kappa shape index (κ1) is 22.4. The number of imidazole rings is 1. The van der Waals surface area contributed by atoms with E-state index in [1.54, 1.807) is 12.5 Å². The Bertz CT molecular complexity index is 1040. The van der Waals surface area contributed by atoms with Crippen molar-refractivity contribution in [3.8, 4) is 11.6 Å². The minimum absolute atomic E-state index is 0.433. The molecule has 3 heterocycles. The fraction of sp³-hybridized carbons (Fsp3) is 0.520. The number of hydrogen-bond donors (Lipinski definition) is 0. The van der Waals surface area contributed by atoms with Gasteiger partial charge >= 0.3 is 0 Å². The predicted octanol–water partition coefficient (Wildman–Crippen LogP) is 4.39. The van der Waals surface area contributed by atoms with E-state index in [4.69, 9.17) is 4.42 Å². The van der Waals surface area contributed by atoms with E-state index in [9.17, 15) is 0 Å². The second kappa shape index (κ2) is 9.77. The molecule has 0 radical (unpaired) electrons. The summed E-state index contributed by atoms with van der Waals surface area (Å²) in [5, 5.41) is 8.58. The normalized spacial score (nSPS) is 21.3. The Hall–Kier alpha value is -2.80. The van der Waals surface area contributed by atoms with E-state index in [-0.39, 0.29) is 0 Å². The second-order valence-corrected chi connectivity index (χ2v) is 9.57. The van der Waals surface area contributed by atoms with Crippen molar-refractivity contribution in [2.45, 2.75) is 40.2 Å². The Balaban J connectivity index is 1.44. The topological polar surface area (TPSA) is 72.9 Å². The number of aromatic nitrogens is 5. The highest BCUT2D eigenvalue weighted by atomic mass is 16.4. The van der Waals surface area contributed by atoms with Crippen molar-refractivity contribution in [1.29, 1.82) is 0 Å². The van der Waals surface area contributed by atoms with E-state index >= 15 is 0 Å². The lowest BCUT2D eigenvalue weighted by molar-refractivity contribution is 0.173. The van der Waals surface area contributed by atoms with Crippen LogP contribution in [0.15, 0.2) is 53.1 Å². The maximum Gasteiger partial charge on any atom is 0.265 e. The molecule has 7 heteroatoms. The molecule has 0 fully saturated rings. The monoisotopic (exact) mass is 434 g/mol. The van der Waals surface area contributed by atoms with Crippen LogP contribution in [0.1, 0.15) is 38.6 Å². The SMILES string of the molecule is CC1=CC(CN(C)Cc2cccnc2)C(C(C)C)CC1Cc1nnc(-c2cncn2C)o1. The van der Waals surface area contributed by atoms with Gasteiger partial charge < -0.3 is 13.9 Å². The Morgan fingerprint density at radius 1 is 1.22 bits per heavy atom. The molecule has 170 valence electrons. The van der Waals surface area contributed by atoms with Gasteiger partial charge in [0.1, 0.15) is 5.69 Å². The molecular weight excluding hydrogens is 400 g/mol. The van der Waals surface area contributed by atoms with E-state index < -0.39 is 0 Å². The van der Waals surface area contributed by atoms with Crippen molar-refractivity contribution in [3.63, 3.8) is 0 Å². The van der Waals surface area contributed by atoms with E-state index in [0.717, 1.165) is 31.6 Å². The van der Waals surface area contributed by atoms with Crippen molar-refractivity contribution in [3.05, 3.63) is 60.2 Å². The molecule has 1 aliphatic carbocycles. The molecule has 0 saturated heterocycles. The third-order valence-electron chi connectivity index (χ3n) is 6.71. The molecule has 0 bridgehead atoms. The summed E-state index contributed by atoms with van der Waals surface area (Å²) >= 11 is 0. The molecule has 0 N–H and O–H groups in total. The molecular formula is C25H34N6O. The lowest BCUT2D eigenvalue weighted by Crippen LogP contribution is -2.35. The zero-order chi connectivity index (χ0) is 22.7. The molecule has 32 heavy (non-hydrogen) atoms. The van der Waals surface area contributed by atoms with Crippen molar-refractivity contribution in [1.82, 2.24) is 29.6 Å². The van der Waals surface area contributed by atoms with Crippen LogP contribution in [0, 0.1) is 23.7 Å². The van der Waals surface area contributed by atoms with Crippen LogP contribution >= 0.6 is 0 Å². The molecule has 7 nitrogen and oxygen atoms in total. The smallest absolute Gasteiger partial charge is 0.265 e. The van der Waals surface area contributed by atoms with Gasteiger partial charge in [-0.1, -0.05) is 31.6 Å². The Kier molecular flexibility index (Phi) is 6.84. The highest BCUT2D eigenvalue weighted by molar-refractivity contribution is 5.44. The van der Waals surface area contributed by atoms with Crippen LogP contribution in [0.5, 0.6) is 0 Å². The summed E-state index contributed by atoms with van der Waals surface area (Å²) in [5.41, 5.74) is 3.53. The standard InChI is InChI=1S/C25H34N6O/c1-17(2)22-10-20(11-24-28-29-25(32-24)23-13-27-16-31(23)5)18(3)9-21(22)15-30(4)14-19-7-6-8-26-12-19/h6-9,12-13,16-17,20-22H,10-11,14-15H2,1-5H3. The summed E-state index contributed by atoms with van der Waals surface area (Å²) in [6, 6.07) is 4.15. The number of rotatable bonds is 8. The molecule has 0 saturated carbocycles. The molecule has 0 aromatic carbocycles. The average molecular weight is 435 g/mol. The highest BCUT2D eigenvalue weighted by Gasteiger charge is 2.33. The van der Waals surface area contributed by atoms with Crippen LogP contribution in [-0.2, 0) is 20.0 Å². The van der Waals surface area contributed by atoms with Gasteiger partial charge in [0.25, 0.3) is 5.89 Å². The molecule has 1 aliphatic rings. The van der Waals surface area contributed by atoms with E-state index in [1.165, 1.54) is 11.1 Å². The maximum atomic E-state index is 5.99. The quantitative estimate of drug-likeness (QED) is 0.490. The summed E-state index contributed by atoms with van der Waals surface area (Å²) in [5.74, 6) is 3.45. The minimum Gasteiger partial charge on any atom is -0.419 e. The molecule has 3 aromatic rings. The summed E-state index contributed by atoms with van der Waals surface area (Å²) in [4.78, 5) is 10.8. The van der Waals surface area contributed by atoms with E-state index in [0.29, 0.717) is 35.5 Å². The summed E-state index contributed by atoms with van der Waals surface area (Å²) in [6.07, 6.45) is 11.7. The Morgan fingerprint density at radius 3 is 2.75 bits per heavy atom. The molecule has 0 aliphatic heterocycles. The summed E-state index contributed by atoms with van der Waals surface area (Å²) in [7, 11) is 4.14. The van der Waals surface area contributed by atoms with Crippen LogP contribution in [-0.4, -0.2) is 43.2 Å². The van der Waals surface area contributed by atoms with Gasteiger partial charge in [-0.15, -0.1) is 10.2 Å². The first-order valence-corrected chi connectivity index (χ1v) is 11.5. The van der Waals surface area contributed by atoms with Crippen molar-refractivity contribution >= 4 is 0 Å². The third-order valence-corrected chi connectivity index (χ3v) is 6.71. The maximum absolute atomic E-state index is 5.99.